The maximum absolute atomic E-state index is 6.19. The van der Waals surface area contributed by atoms with E-state index in [0.29, 0.717) is 20.1 Å². The highest BCUT2D eigenvalue weighted by molar-refractivity contribution is 6.38. The molecular formula is C14H9Cl4. The molecule has 0 aliphatic heterocycles. The zero-order chi connectivity index (χ0) is 13.3. The molecule has 0 fully saturated rings. The Bertz CT molecular complexity index is 486. The van der Waals surface area contributed by atoms with Crippen LogP contribution in [0.3, 0.4) is 0 Å². The molecule has 0 spiro atoms. The summed E-state index contributed by atoms with van der Waals surface area (Å²) in [5.74, 6) is 0.862. The van der Waals surface area contributed by atoms with Gasteiger partial charge in [-0.2, -0.15) is 0 Å². The Balaban J connectivity index is 2.58. The van der Waals surface area contributed by atoms with Crippen LogP contribution in [0, 0.1) is 5.92 Å². The van der Waals surface area contributed by atoms with Gasteiger partial charge in [-0.3, -0.25) is 0 Å². The average Bonchev–Trinajstić information content (AvgIpc) is 2.28. The van der Waals surface area contributed by atoms with Crippen molar-refractivity contribution in [2.45, 2.75) is 6.92 Å². The van der Waals surface area contributed by atoms with Gasteiger partial charge in [0.15, 0.2) is 0 Å². The summed E-state index contributed by atoms with van der Waals surface area (Å²) < 4.78 is 0. The van der Waals surface area contributed by atoms with E-state index in [0.717, 1.165) is 17.0 Å². The highest BCUT2D eigenvalue weighted by Crippen LogP contribution is 2.40. The topological polar surface area (TPSA) is 0 Å². The van der Waals surface area contributed by atoms with E-state index in [1.807, 2.05) is 6.92 Å². The fourth-order valence-electron chi connectivity index (χ4n) is 1.84. The molecule has 2 aromatic rings. The fraction of sp³-hybridized carbons (Fsp3) is 0.0714. The van der Waals surface area contributed by atoms with Crippen molar-refractivity contribution in [1.82, 2.24) is 0 Å². The smallest absolute Gasteiger partial charge is 0.0462 e. The van der Waals surface area contributed by atoms with E-state index in [9.17, 15) is 0 Å². The Morgan fingerprint density at radius 1 is 0.667 bits per heavy atom. The predicted octanol–water partition coefficient (Wildman–Crippen LogP) is 6.29. The van der Waals surface area contributed by atoms with E-state index >= 15 is 0 Å². The fourth-order valence-corrected chi connectivity index (χ4v) is 3.20. The molecule has 0 nitrogen and oxygen atoms in total. The minimum Gasteiger partial charge on any atom is -0.0839 e. The minimum atomic E-state index is 0.580. The molecule has 0 amide bonds. The first kappa shape index (κ1) is 14.0. The summed E-state index contributed by atoms with van der Waals surface area (Å²) in [7, 11) is 0. The van der Waals surface area contributed by atoms with E-state index in [4.69, 9.17) is 46.4 Å². The molecular weight excluding hydrogens is 310 g/mol. The van der Waals surface area contributed by atoms with Crippen LogP contribution in [0.1, 0.15) is 18.1 Å². The van der Waals surface area contributed by atoms with Crippen molar-refractivity contribution in [2.75, 3.05) is 0 Å². The summed E-state index contributed by atoms with van der Waals surface area (Å²) in [6.45, 7) is 1.90. The number of hydrogen-bond acceptors (Lipinski definition) is 0. The normalized spacial score (nSPS) is 11.0. The van der Waals surface area contributed by atoms with Crippen LogP contribution in [0.5, 0.6) is 0 Å². The van der Waals surface area contributed by atoms with Gasteiger partial charge in [-0.1, -0.05) is 65.5 Å². The van der Waals surface area contributed by atoms with Crippen molar-refractivity contribution in [3.63, 3.8) is 0 Å². The van der Waals surface area contributed by atoms with Crippen molar-refractivity contribution in [2.24, 2.45) is 0 Å². The van der Waals surface area contributed by atoms with Crippen molar-refractivity contribution < 1.29 is 0 Å². The van der Waals surface area contributed by atoms with Gasteiger partial charge in [0, 0.05) is 37.1 Å². The number of hydrogen-bond donors (Lipinski definition) is 0. The molecule has 93 valence electrons. The number of halogens is 4. The van der Waals surface area contributed by atoms with Crippen LogP contribution in [0.15, 0.2) is 36.4 Å². The van der Waals surface area contributed by atoms with Gasteiger partial charge in [-0.15, -0.1) is 0 Å². The second-order valence-corrected chi connectivity index (χ2v) is 5.45. The van der Waals surface area contributed by atoms with Crippen molar-refractivity contribution in [3.8, 4) is 0 Å². The molecule has 0 unspecified atom stereocenters. The van der Waals surface area contributed by atoms with E-state index in [2.05, 4.69) is 0 Å². The second kappa shape index (κ2) is 5.71. The Morgan fingerprint density at radius 3 is 1.22 bits per heavy atom. The summed E-state index contributed by atoms with van der Waals surface area (Å²) in [4.78, 5) is 0. The van der Waals surface area contributed by atoms with Gasteiger partial charge in [-0.25, -0.2) is 0 Å². The molecule has 0 saturated carbocycles. The van der Waals surface area contributed by atoms with E-state index < -0.39 is 0 Å². The van der Waals surface area contributed by atoms with Crippen molar-refractivity contribution in [1.29, 1.82) is 0 Å². The molecule has 0 aromatic heterocycles. The third-order valence-corrected chi connectivity index (χ3v) is 3.94. The van der Waals surface area contributed by atoms with E-state index in [1.165, 1.54) is 0 Å². The average molecular weight is 319 g/mol. The van der Waals surface area contributed by atoms with Crippen molar-refractivity contribution in [3.05, 3.63) is 73.5 Å². The highest BCUT2D eigenvalue weighted by Gasteiger charge is 2.20. The van der Waals surface area contributed by atoms with E-state index in [1.54, 1.807) is 36.4 Å². The van der Waals surface area contributed by atoms with Gasteiger partial charge < -0.3 is 0 Å². The Morgan fingerprint density at radius 2 is 0.944 bits per heavy atom. The van der Waals surface area contributed by atoms with E-state index in [-0.39, 0.29) is 0 Å². The first-order chi connectivity index (χ1) is 8.52. The molecule has 0 aliphatic rings. The Kier molecular flexibility index (Phi) is 4.45. The van der Waals surface area contributed by atoms with Crippen LogP contribution in [-0.4, -0.2) is 0 Å². The molecule has 0 saturated heterocycles. The molecule has 0 aliphatic carbocycles. The number of rotatable bonds is 2. The standard InChI is InChI=1S/C14H9Cl4/c1-8(13-9(15)4-2-5-10(13)16)14-11(17)6-3-7-12(14)18/h2-7H,1H3. The van der Waals surface area contributed by atoms with Crippen LogP contribution in [0.4, 0.5) is 0 Å². The first-order valence-corrected chi connectivity index (χ1v) is 6.76. The van der Waals surface area contributed by atoms with Crippen LogP contribution >= 0.6 is 46.4 Å². The zero-order valence-corrected chi connectivity index (χ0v) is 12.5. The molecule has 4 heteroatoms. The van der Waals surface area contributed by atoms with Crippen LogP contribution in [0.2, 0.25) is 20.1 Å². The highest BCUT2D eigenvalue weighted by atomic mass is 35.5. The Hall–Kier alpha value is -0.400. The lowest BCUT2D eigenvalue weighted by molar-refractivity contribution is 1.19. The van der Waals surface area contributed by atoms with Gasteiger partial charge in [0.25, 0.3) is 0 Å². The lowest BCUT2D eigenvalue weighted by Gasteiger charge is -2.17. The zero-order valence-electron chi connectivity index (χ0n) is 9.48. The molecule has 18 heavy (non-hydrogen) atoms. The molecule has 2 rings (SSSR count). The Labute approximate surface area is 126 Å². The summed E-state index contributed by atoms with van der Waals surface area (Å²) in [6.07, 6.45) is 0. The summed E-state index contributed by atoms with van der Waals surface area (Å²) in [6, 6.07) is 10.8. The lowest BCUT2D eigenvalue weighted by atomic mass is 9.93. The molecule has 1 radical (unpaired) electrons. The van der Waals surface area contributed by atoms with Gasteiger partial charge in [0.05, 0.1) is 0 Å². The summed E-state index contributed by atoms with van der Waals surface area (Å²) in [5.41, 5.74) is 1.52. The van der Waals surface area contributed by atoms with Gasteiger partial charge in [0.2, 0.25) is 0 Å². The quantitative estimate of drug-likeness (QED) is 0.610. The third-order valence-electron chi connectivity index (χ3n) is 2.68. The largest absolute Gasteiger partial charge is 0.0839 e. The molecule has 2 aromatic carbocycles. The summed E-state index contributed by atoms with van der Waals surface area (Å²) in [5, 5.41) is 2.32. The third kappa shape index (κ3) is 2.62. The molecule has 0 heterocycles. The van der Waals surface area contributed by atoms with Crippen LogP contribution < -0.4 is 0 Å². The molecule has 0 atom stereocenters. The van der Waals surface area contributed by atoms with Crippen LogP contribution in [-0.2, 0) is 0 Å². The maximum Gasteiger partial charge on any atom is 0.0462 e. The minimum absolute atomic E-state index is 0.580. The molecule has 0 bridgehead atoms. The van der Waals surface area contributed by atoms with Gasteiger partial charge >= 0.3 is 0 Å². The summed E-state index contributed by atoms with van der Waals surface area (Å²) >= 11 is 24.8. The predicted molar refractivity (Wildman–Crippen MR) is 80.0 cm³/mol. The maximum atomic E-state index is 6.19. The van der Waals surface area contributed by atoms with Crippen molar-refractivity contribution >= 4 is 46.4 Å². The molecule has 0 N–H and O–H groups in total. The van der Waals surface area contributed by atoms with Gasteiger partial charge in [-0.05, 0) is 24.3 Å². The lowest BCUT2D eigenvalue weighted by Crippen LogP contribution is -2.01. The SMILES string of the molecule is C[C](c1c(Cl)cccc1Cl)c1c(Cl)cccc1Cl. The first-order valence-electron chi connectivity index (χ1n) is 5.24. The second-order valence-electron chi connectivity index (χ2n) is 3.82. The van der Waals surface area contributed by atoms with Crippen LogP contribution in [0.25, 0.3) is 0 Å². The van der Waals surface area contributed by atoms with Gasteiger partial charge in [0.1, 0.15) is 0 Å². The monoisotopic (exact) mass is 317 g/mol. The number of benzene rings is 2.